The van der Waals surface area contributed by atoms with Gasteiger partial charge in [-0.2, -0.15) is 0 Å². The minimum atomic E-state index is -1.62. The highest BCUT2D eigenvalue weighted by Gasteiger charge is 2.27. The van der Waals surface area contributed by atoms with Crippen LogP contribution in [0, 0.1) is 0 Å². The summed E-state index contributed by atoms with van der Waals surface area (Å²) in [6.45, 7) is -1.41. The molecule has 0 aromatic carbocycles. The summed E-state index contributed by atoms with van der Waals surface area (Å²) in [5, 5.41) is 65.3. The molecule has 7 N–H and O–H groups in total. The van der Waals surface area contributed by atoms with Crippen LogP contribution < -0.4 is 0 Å². The van der Waals surface area contributed by atoms with E-state index >= 15 is 0 Å². The summed E-state index contributed by atoms with van der Waals surface area (Å²) in [5.74, 6) is 0. The molecule has 0 fully saturated rings. The number of aliphatic hydroxyl groups is 7. The van der Waals surface area contributed by atoms with E-state index < -0.39 is 43.7 Å². The SMILES string of the molecule is OCCO[C@H](CO)[C@@H](O)Cc1cnc([C@@H](O)[C@H](O)[C@H](O)CO)cn1. The average molecular weight is 348 g/mol. The first-order valence-corrected chi connectivity index (χ1v) is 7.41. The molecule has 0 unspecified atom stereocenters. The fourth-order valence-corrected chi connectivity index (χ4v) is 1.95. The number of aromatic nitrogens is 2. The lowest BCUT2D eigenvalue weighted by Gasteiger charge is -2.22. The van der Waals surface area contributed by atoms with Gasteiger partial charge in [0.2, 0.25) is 0 Å². The van der Waals surface area contributed by atoms with Gasteiger partial charge in [0, 0.05) is 12.6 Å². The molecule has 0 radical (unpaired) electrons. The van der Waals surface area contributed by atoms with Crippen LogP contribution in [0.1, 0.15) is 17.5 Å². The predicted octanol–water partition coefficient (Wildman–Crippen LogP) is -3.50. The molecule has 0 aliphatic rings. The molecule has 5 atom stereocenters. The van der Waals surface area contributed by atoms with Crippen molar-refractivity contribution in [3.05, 3.63) is 23.8 Å². The topological polar surface area (TPSA) is 177 Å². The average Bonchev–Trinajstić information content (AvgIpc) is 2.61. The molecule has 0 saturated carbocycles. The molecule has 1 heterocycles. The molecule has 0 aliphatic heterocycles. The Balaban J connectivity index is 2.66. The van der Waals surface area contributed by atoms with Crippen LogP contribution in [0.2, 0.25) is 0 Å². The molecule has 0 spiro atoms. The first kappa shape index (κ1) is 20.8. The fraction of sp³-hybridized carbons (Fsp3) is 0.714. The largest absolute Gasteiger partial charge is 0.394 e. The standard InChI is InChI=1S/C14H24N2O8/c17-1-2-24-12(7-19)10(20)3-8-4-16-9(5-15-8)13(22)14(23)11(21)6-18/h4-5,10-14,17-23H,1-3,6-7H2/t10-,11+,12+,13+,14+/m0/s1. The quantitative estimate of drug-likeness (QED) is 0.212. The van der Waals surface area contributed by atoms with Gasteiger partial charge in [-0.1, -0.05) is 0 Å². The van der Waals surface area contributed by atoms with Crippen LogP contribution in [0.5, 0.6) is 0 Å². The molecule has 138 valence electrons. The molecule has 0 saturated heterocycles. The highest BCUT2D eigenvalue weighted by molar-refractivity contribution is 5.08. The molecule has 0 aliphatic carbocycles. The van der Waals surface area contributed by atoms with E-state index in [9.17, 15) is 20.4 Å². The van der Waals surface area contributed by atoms with Gasteiger partial charge in [0.1, 0.15) is 24.4 Å². The molecule has 1 aromatic rings. The summed E-state index contributed by atoms with van der Waals surface area (Å²) in [7, 11) is 0. The number of aliphatic hydroxyl groups excluding tert-OH is 7. The Morgan fingerprint density at radius 3 is 2.12 bits per heavy atom. The number of hydrogen-bond donors (Lipinski definition) is 7. The van der Waals surface area contributed by atoms with Crippen LogP contribution in [0.3, 0.4) is 0 Å². The van der Waals surface area contributed by atoms with Gasteiger partial charge in [-0.05, 0) is 0 Å². The summed E-state index contributed by atoms with van der Waals surface area (Å²) >= 11 is 0. The third-order valence-corrected chi connectivity index (χ3v) is 3.38. The summed E-state index contributed by atoms with van der Waals surface area (Å²) < 4.78 is 5.08. The van der Waals surface area contributed by atoms with Gasteiger partial charge in [0.25, 0.3) is 0 Å². The first-order valence-electron chi connectivity index (χ1n) is 7.41. The Hall–Kier alpha value is -1.24. The monoisotopic (exact) mass is 348 g/mol. The predicted molar refractivity (Wildman–Crippen MR) is 79.7 cm³/mol. The molecule has 1 aromatic heterocycles. The molecule has 1 rings (SSSR count). The van der Waals surface area contributed by atoms with Crippen LogP contribution in [-0.2, 0) is 11.2 Å². The minimum Gasteiger partial charge on any atom is -0.394 e. The number of ether oxygens (including phenoxy) is 1. The van der Waals surface area contributed by atoms with Crippen molar-refractivity contribution in [3.63, 3.8) is 0 Å². The van der Waals surface area contributed by atoms with E-state index in [0.717, 1.165) is 0 Å². The van der Waals surface area contributed by atoms with Crippen LogP contribution in [0.4, 0.5) is 0 Å². The Morgan fingerprint density at radius 1 is 0.917 bits per heavy atom. The van der Waals surface area contributed by atoms with E-state index in [1.165, 1.54) is 12.4 Å². The van der Waals surface area contributed by atoms with E-state index in [-0.39, 0.29) is 25.3 Å². The van der Waals surface area contributed by atoms with Crippen LogP contribution in [0.25, 0.3) is 0 Å². The summed E-state index contributed by atoms with van der Waals surface area (Å²) in [6, 6.07) is 0. The van der Waals surface area contributed by atoms with Gasteiger partial charge >= 0.3 is 0 Å². The highest BCUT2D eigenvalue weighted by atomic mass is 16.5. The maximum atomic E-state index is 9.98. The normalized spacial score (nSPS) is 18.0. The zero-order valence-corrected chi connectivity index (χ0v) is 13.0. The molecule has 10 heteroatoms. The number of rotatable bonds is 11. The van der Waals surface area contributed by atoms with E-state index in [2.05, 4.69) is 9.97 Å². The molecule has 24 heavy (non-hydrogen) atoms. The van der Waals surface area contributed by atoms with Crippen molar-refractivity contribution in [1.29, 1.82) is 0 Å². The van der Waals surface area contributed by atoms with Gasteiger partial charge < -0.3 is 40.5 Å². The first-order chi connectivity index (χ1) is 11.4. The second-order valence-corrected chi connectivity index (χ2v) is 5.20. The van der Waals surface area contributed by atoms with Crippen molar-refractivity contribution in [3.8, 4) is 0 Å². The smallest absolute Gasteiger partial charge is 0.126 e. The van der Waals surface area contributed by atoms with Crippen molar-refractivity contribution in [2.24, 2.45) is 0 Å². The molecular weight excluding hydrogens is 324 g/mol. The maximum absolute atomic E-state index is 9.98. The van der Waals surface area contributed by atoms with Gasteiger partial charge in [-0.15, -0.1) is 0 Å². The van der Waals surface area contributed by atoms with E-state index in [4.69, 9.17) is 20.1 Å². The van der Waals surface area contributed by atoms with Crippen molar-refractivity contribution < 1.29 is 40.5 Å². The fourth-order valence-electron chi connectivity index (χ4n) is 1.95. The Labute approximate surface area is 138 Å². The molecule has 10 nitrogen and oxygen atoms in total. The second-order valence-electron chi connectivity index (χ2n) is 5.20. The number of hydrogen-bond acceptors (Lipinski definition) is 10. The third-order valence-electron chi connectivity index (χ3n) is 3.38. The molecule has 0 amide bonds. The van der Waals surface area contributed by atoms with Crippen molar-refractivity contribution in [2.45, 2.75) is 36.9 Å². The summed E-state index contributed by atoms with van der Waals surface area (Å²) in [4.78, 5) is 7.88. The van der Waals surface area contributed by atoms with E-state index in [0.29, 0.717) is 5.69 Å². The van der Waals surface area contributed by atoms with Crippen molar-refractivity contribution in [2.75, 3.05) is 26.4 Å². The van der Waals surface area contributed by atoms with Crippen molar-refractivity contribution >= 4 is 0 Å². The molecule has 0 bridgehead atoms. The summed E-state index contributed by atoms with van der Waals surface area (Å²) in [5.41, 5.74) is 0.338. The van der Waals surface area contributed by atoms with Crippen LogP contribution in [0.15, 0.2) is 12.4 Å². The highest BCUT2D eigenvalue weighted by Crippen LogP contribution is 2.17. The van der Waals surface area contributed by atoms with Crippen LogP contribution in [-0.4, -0.2) is 96.6 Å². The third kappa shape index (κ3) is 6.00. The van der Waals surface area contributed by atoms with Gasteiger partial charge in [-0.25, -0.2) is 0 Å². The van der Waals surface area contributed by atoms with E-state index in [1.807, 2.05) is 0 Å². The Bertz CT molecular complexity index is 461. The van der Waals surface area contributed by atoms with Gasteiger partial charge in [0.15, 0.2) is 0 Å². The maximum Gasteiger partial charge on any atom is 0.126 e. The van der Waals surface area contributed by atoms with Gasteiger partial charge in [0.05, 0.1) is 50.1 Å². The lowest BCUT2D eigenvalue weighted by molar-refractivity contribution is -0.0791. The second kappa shape index (κ2) is 10.6. The lowest BCUT2D eigenvalue weighted by Crippen LogP contribution is -2.35. The Morgan fingerprint density at radius 2 is 1.62 bits per heavy atom. The Kier molecular flexibility index (Phi) is 9.18. The zero-order valence-electron chi connectivity index (χ0n) is 13.0. The zero-order chi connectivity index (χ0) is 18.1. The summed E-state index contributed by atoms with van der Waals surface area (Å²) in [6.07, 6.45) is -4.18. The van der Waals surface area contributed by atoms with Gasteiger partial charge in [-0.3, -0.25) is 9.97 Å². The minimum absolute atomic E-state index is 0.0107. The van der Waals surface area contributed by atoms with Crippen molar-refractivity contribution in [1.82, 2.24) is 9.97 Å². The van der Waals surface area contributed by atoms with E-state index in [1.54, 1.807) is 0 Å². The number of nitrogens with zero attached hydrogens (tertiary/aromatic N) is 2. The molecular formula is C14H24N2O8. The lowest BCUT2D eigenvalue weighted by atomic mass is 10.1. The van der Waals surface area contributed by atoms with Crippen LogP contribution >= 0.6 is 0 Å².